The monoisotopic (exact) mass is 379 g/mol. The Morgan fingerprint density at radius 2 is 1.71 bits per heavy atom. The maximum atomic E-state index is 12.6. The van der Waals surface area contributed by atoms with Crippen molar-refractivity contribution in [3.8, 4) is 11.1 Å². The number of aromatic nitrogens is 1. The Hall–Kier alpha value is -3.08. The number of esters is 2. The van der Waals surface area contributed by atoms with Crippen LogP contribution in [0.2, 0.25) is 0 Å². The molecule has 146 valence electrons. The number of methoxy groups -OCH3 is 1. The topological polar surface area (TPSA) is 68.4 Å². The van der Waals surface area contributed by atoms with Gasteiger partial charge in [-0.25, -0.2) is 0 Å². The van der Waals surface area contributed by atoms with Crippen molar-refractivity contribution in [1.82, 2.24) is 4.98 Å². The van der Waals surface area contributed by atoms with Gasteiger partial charge in [0.2, 0.25) is 0 Å². The molecule has 1 heterocycles. The van der Waals surface area contributed by atoms with Gasteiger partial charge in [0, 0.05) is 17.1 Å². The lowest BCUT2D eigenvalue weighted by Gasteiger charge is -2.22. The fourth-order valence-corrected chi connectivity index (χ4v) is 3.24. The van der Waals surface area contributed by atoms with E-state index in [-0.39, 0.29) is 6.42 Å². The number of rotatable bonds is 5. The summed E-state index contributed by atoms with van der Waals surface area (Å²) in [7, 11) is 1.28. The smallest absolute Gasteiger partial charge is 0.321 e. The Labute approximate surface area is 164 Å². The van der Waals surface area contributed by atoms with E-state index in [1.807, 2.05) is 54.7 Å². The van der Waals surface area contributed by atoms with Gasteiger partial charge in [0.1, 0.15) is 5.60 Å². The molecule has 0 saturated heterocycles. The Morgan fingerprint density at radius 3 is 2.36 bits per heavy atom. The molecular weight excluding hydrogens is 354 g/mol. The number of H-pyrrole nitrogens is 1. The van der Waals surface area contributed by atoms with E-state index in [4.69, 9.17) is 9.47 Å². The largest absolute Gasteiger partial charge is 0.468 e. The highest BCUT2D eigenvalue weighted by molar-refractivity contribution is 5.98. The van der Waals surface area contributed by atoms with E-state index in [1.54, 1.807) is 20.8 Å². The van der Waals surface area contributed by atoms with Crippen LogP contribution < -0.4 is 0 Å². The van der Waals surface area contributed by atoms with E-state index in [9.17, 15) is 9.59 Å². The third-order valence-corrected chi connectivity index (χ3v) is 4.49. The SMILES string of the molecule is COC(=O)[C@@H](Cc1c[nH]c2c(-c3ccccc3)cccc12)C(=O)OC(C)(C)C. The van der Waals surface area contributed by atoms with Crippen LogP contribution in [0.15, 0.2) is 54.7 Å². The number of ether oxygens (including phenoxy) is 2. The third kappa shape index (κ3) is 4.25. The second-order valence-corrected chi connectivity index (χ2v) is 7.72. The van der Waals surface area contributed by atoms with E-state index >= 15 is 0 Å². The first-order chi connectivity index (χ1) is 13.3. The van der Waals surface area contributed by atoms with Crippen molar-refractivity contribution in [2.75, 3.05) is 7.11 Å². The van der Waals surface area contributed by atoms with Crippen molar-refractivity contribution in [2.24, 2.45) is 5.92 Å². The number of carbonyl (C=O) groups excluding carboxylic acids is 2. The van der Waals surface area contributed by atoms with E-state index in [2.05, 4.69) is 4.98 Å². The molecule has 28 heavy (non-hydrogen) atoms. The zero-order chi connectivity index (χ0) is 20.3. The molecule has 0 radical (unpaired) electrons. The number of benzene rings is 2. The number of hydrogen-bond acceptors (Lipinski definition) is 4. The lowest BCUT2D eigenvalue weighted by molar-refractivity contribution is -0.168. The molecule has 0 aliphatic carbocycles. The van der Waals surface area contributed by atoms with Crippen LogP contribution in [0.3, 0.4) is 0 Å². The Morgan fingerprint density at radius 1 is 1.00 bits per heavy atom. The number of fused-ring (bicyclic) bond motifs is 1. The molecule has 0 bridgehead atoms. The molecule has 1 aromatic heterocycles. The highest BCUT2D eigenvalue weighted by Crippen LogP contribution is 2.31. The lowest BCUT2D eigenvalue weighted by Crippen LogP contribution is -2.34. The van der Waals surface area contributed by atoms with Gasteiger partial charge in [-0.3, -0.25) is 9.59 Å². The molecule has 0 unspecified atom stereocenters. The number of hydrogen-bond donors (Lipinski definition) is 1. The molecule has 5 heteroatoms. The van der Waals surface area contributed by atoms with Crippen LogP contribution in [-0.2, 0) is 25.5 Å². The normalized spacial score (nSPS) is 12.6. The summed E-state index contributed by atoms with van der Waals surface area (Å²) in [6.45, 7) is 5.32. The molecule has 1 atom stereocenters. The van der Waals surface area contributed by atoms with E-state index < -0.39 is 23.5 Å². The van der Waals surface area contributed by atoms with E-state index in [0.29, 0.717) is 0 Å². The summed E-state index contributed by atoms with van der Waals surface area (Å²) in [5, 5.41) is 0.971. The van der Waals surface area contributed by atoms with Gasteiger partial charge in [-0.1, -0.05) is 48.5 Å². The molecule has 0 spiro atoms. The van der Waals surface area contributed by atoms with Crippen LogP contribution in [0.5, 0.6) is 0 Å². The van der Waals surface area contributed by atoms with Gasteiger partial charge in [0.05, 0.1) is 12.6 Å². The molecule has 3 aromatic rings. The zero-order valence-electron chi connectivity index (χ0n) is 16.6. The number of nitrogens with one attached hydrogen (secondary N) is 1. The zero-order valence-corrected chi connectivity index (χ0v) is 16.6. The maximum Gasteiger partial charge on any atom is 0.321 e. The summed E-state index contributed by atoms with van der Waals surface area (Å²) in [4.78, 5) is 28.1. The molecule has 0 amide bonds. The van der Waals surface area contributed by atoms with Crippen LogP contribution in [0.25, 0.3) is 22.0 Å². The van der Waals surface area contributed by atoms with Crippen molar-refractivity contribution >= 4 is 22.8 Å². The number of carbonyl (C=O) groups is 2. The minimum atomic E-state index is -1.01. The minimum Gasteiger partial charge on any atom is -0.468 e. The first-order valence-corrected chi connectivity index (χ1v) is 9.25. The molecule has 2 aromatic carbocycles. The highest BCUT2D eigenvalue weighted by atomic mass is 16.6. The predicted octanol–water partition coefficient (Wildman–Crippen LogP) is 4.51. The van der Waals surface area contributed by atoms with Crippen LogP contribution in [0, 0.1) is 5.92 Å². The molecule has 0 aliphatic heterocycles. The number of aromatic amines is 1. The summed E-state index contributed by atoms with van der Waals surface area (Å²) < 4.78 is 10.3. The summed E-state index contributed by atoms with van der Waals surface area (Å²) >= 11 is 0. The number of para-hydroxylation sites is 1. The van der Waals surface area contributed by atoms with Crippen molar-refractivity contribution in [2.45, 2.75) is 32.8 Å². The summed E-state index contributed by atoms with van der Waals surface area (Å²) in [6, 6.07) is 16.1. The molecule has 0 aliphatic rings. The Bertz CT molecular complexity index is 983. The van der Waals surface area contributed by atoms with Gasteiger partial charge in [0.15, 0.2) is 5.92 Å². The van der Waals surface area contributed by atoms with Crippen molar-refractivity contribution in [3.63, 3.8) is 0 Å². The fourth-order valence-electron chi connectivity index (χ4n) is 3.24. The van der Waals surface area contributed by atoms with Crippen LogP contribution >= 0.6 is 0 Å². The summed E-state index contributed by atoms with van der Waals surface area (Å²) in [5.74, 6) is -2.18. The fraction of sp³-hybridized carbons (Fsp3) is 0.304. The van der Waals surface area contributed by atoms with E-state index in [0.717, 1.165) is 27.6 Å². The van der Waals surface area contributed by atoms with Crippen molar-refractivity contribution < 1.29 is 19.1 Å². The third-order valence-electron chi connectivity index (χ3n) is 4.49. The molecule has 0 fully saturated rings. The Balaban J connectivity index is 1.96. The predicted molar refractivity (Wildman–Crippen MR) is 109 cm³/mol. The van der Waals surface area contributed by atoms with Gasteiger partial charge in [0.25, 0.3) is 0 Å². The highest BCUT2D eigenvalue weighted by Gasteiger charge is 2.33. The average Bonchev–Trinajstić information content (AvgIpc) is 3.07. The first-order valence-electron chi connectivity index (χ1n) is 9.25. The van der Waals surface area contributed by atoms with Crippen LogP contribution in [0.4, 0.5) is 0 Å². The molecule has 0 saturated carbocycles. The van der Waals surface area contributed by atoms with Gasteiger partial charge in [-0.15, -0.1) is 0 Å². The molecule has 5 nitrogen and oxygen atoms in total. The quantitative estimate of drug-likeness (QED) is 0.523. The molecular formula is C23H25NO4. The van der Waals surface area contributed by atoms with Crippen molar-refractivity contribution in [1.29, 1.82) is 0 Å². The van der Waals surface area contributed by atoms with Gasteiger partial charge in [-0.2, -0.15) is 0 Å². The second kappa shape index (κ2) is 7.89. The lowest BCUT2D eigenvalue weighted by atomic mass is 9.96. The maximum absolute atomic E-state index is 12.6. The standard InChI is InChI=1S/C23H25NO4/c1-23(2,3)28-22(26)19(21(25)27-4)13-16-14-24-20-17(11-8-12-18(16)20)15-9-6-5-7-10-15/h5-12,14,19,24H,13H2,1-4H3/t19-/m1/s1. The summed E-state index contributed by atoms with van der Waals surface area (Å²) in [5.41, 5.74) is 3.32. The minimum absolute atomic E-state index is 0.208. The van der Waals surface area contributed by atoms with Crippen LogP contribution in [-0.4, -0.2) is 29.6 Å². The van der Waals surface area contributed by atoms with E-state index in [1.165, 1.54) is 7.11 Å². The van der Waals surface area contributed by atoms with Gasteiger partial charge >= 0.3 is 11.9 Å². The molecule has 1 N–H and O–H groups in total. The average molecular weight is 379 g/mol. The summed E-state index contributed by atoms with van der Waals surface area (Å²) in [6.07, 6.45) is 2.05. The van der Waals surface area contributed by atoms with Gasteiger partial charge in [-0.05, 0) is 38.3 Å². The van der Waals surface area contributed by atoms with Gasteiger partial charge < -0.3 is 14.5 Å². The second-order valence-electron chi connectivity index (χ2n) is 7.72. The first kappa shape index (κ1) is 19.7. The molecule has 3 rings (SSSR count). The van der Waals surface area contributed by atoms with Crippen LogP contribution in [0.1, 0.15) is 26.3 Å². The Kier molecular flexibility index (Phi) is 5.54. The van der Waals surface area contributed by atoms with Crippen molar-refractivity contribution in [3.05, 3.63) is 60.3 Å².